The van der Waals surface area contributed by atoms with E-state index >= 15 is 0 Å². The van der Waals surface area contributed by atoms with Crippen molar-refractivity contribution in [2.24, 2.45) is 0 Å². The van der Waals surface area contributed by atoms with Crippen LogP contribution in [-0.2, 0) is 4.79 Å². The Balaban J connectivity index is 2.95. The number of hydrogen-bond donors (Lipinski definition) is 0. The average Bonchev–Trinajstić information content (AvgIpc) is 2.15. The minimum absolute atomic E-state index is 0.132. The molecule has 0 aliphatic heterocycles. The van der Waals surface area contributed by atoms with Crippen molar-refractivity contribution < 1.29 is 18.4 Å². The summed E-state index contributed by atoms with van der Waals surface area (Å²) in [6.45, 7) is 0.974. The van der Waals surface area contributed by atoms with E-state index in [4.69, 9.17) is 0 Å². The molecule has 1 aromatic carbocycles. The zero-order chi connectivity index (χ0) is 10.7. The van der Waals surface area contributed by atoms with E-state index in [1.165, 1.54) is 12.1 Å². The molecule has 1 unspecified atom stereocenters. The maximum Gasteiger partial charge on any atom is 0.220 e. The van der Waals surface area contributed by atoms with Gasteiger partial charge in [0, 0.05) is 5.56 Å². The van der Waals surface area contributed by atoms with Gasteiger partial charge in [-0.3, -0.25) is 9.59 Å². The molecule has 1 rings (SSSR count). The Kier molecular flexibility index (Phi) is 3.06. The van der Waals surface area contributed by atoms with Gasteiger partial charge in [-0.15, -0.1) is 0 Å². The van der Waals surface area contributed by atoms with Crippen molar-refractivity contribution >= 4 is 11.6 Å². The average molecular weight is 198 g/mol. The first kappa shape index (κ1) is 10.5. The number of alkyl halides is 1. The van der Waals surface area contributed by atoms with Crippen LogP contribution in [0, 0.1) is 5.82 Å². The first-order valence-electron chi connectivity index (χ1n) is 3.96. The molecule has 0 saturated heterocycles. The van der Waals surface area contributed by atoms with Crippen LogP contribution >= 0.6 is 0 Å². The predicted molar refractivity (Wildman–Crippen MR) is 46.3 cm³/mol. The lowest BCUT2D eigenvalue weighted by atomic mass is 10.1. The van der Waals surface area contributed by atoms with Gasteiger partial charge in [-0.2, -0.15) is 0 Å². The van der Waals surface area contributed by atoms with E-state index in [-0.39, 0.29) is 5.56 Å². The molecule has 0 fully saturated rings. The molecule has 1 aromatic rings. The first-order chi connectivity index (χ1) is 6.52. The molecule has 0 radical (unpaired) electrons. The van der Waals surface area contributed by atoms with E-state index < -0.39 is 23.6 Å². The van der Waals surface area contributed by atoms with Gasteiger partial charge in [-0.05, 0) is 19.1 Å². The van der Waals surface area contributed by atoms with Gasteiger partial charge in [0.15, 0.2) is 5.78 Å². The van der Waals surface area contributed by atoms with Crippen molar-refractivity contribution in [3.8, 4) is 0 Å². The quantitative estimate of drug-likeness (QED) is 0.549. The van der Waals surface area contributed by atoms with Crippen LogP contribution < -0.4 is 0 Å². The molecule has 14 heavy (non-hydrogen) atoms. The fourth-order valence-electron chi connectivity index (χ4n) is 0.973. The smallest absolute Gasteiger partial charge is 0.220 e. The molecule has 0 aromatic heterocycles. The highest BCUT2D eigenvalue weighted by molar-refractivity contribution is 6.12. The highest BCUT2D eigenvalue weighted by atomic mass is 19.1. The van der Waals surface area contributed by atoms with Gasteiger partial charge in [0.05, 0.1) is 0 Å². The van der Waals surface area contributed by atoms with E-state index in [0.29, 0.717) is 0 Å². The molecule has 0 N–H and O–H groups in total. The van der Waals surface area contributed by atoms with Gasteiger partial charge in [-0.25, -0.2) is 8.78 Å². The molecular weight excluding hydrogens is 190 g/mol. The summed E-state index contributed by atoms with van der Waals surface area (Å²) in [5.74, 6) is -2.51. The molecule has 0 aliphatic rings. The van der Waals surface area contributed by atoms with E-state index in [9.17, 15) is 18.4 Å². The maximum absolute atomic E-state index is 12.9. The van der Waals surface area contributed by atoms with Crippen LogP contribution in [0.25, 0.3) is 0 Å². The van der Waals surface area contributed by atoms with Gasteiger partial charge < -0.3 is 0 Å². The molecule has 1 atom stereocenters. The summed E-state index contributed by atoms with van der Waals surface area (Å²) in [6.07, 6.45) is -2.20. The van der Waals surface area contributed by atoms with Crippen LogP contribution in [0.2, 0.25) is 0 Å². The van der Waals surface area contributed by atoms with E-state index in [1.807, 2.05) is 0 Å². The number of rotatable bonds is 3. The van der Waals surface area contributed by atoms with Crippen molar-refractivity contribution in [1.82, 2.24) is 0 Å². The summed E-state index contributed by atoms with van der Waals surface area (Å²) in [6, 6.07) is 4.59. The van der Waals surface area contributed by atoms with Crippen LogP contribution in [0.3, 0.4) is 0 Å². The molecule has 0 spiro atoms. The summed E-state index contributed by atoms with van der Waals surface area (Å²) in [7, 11) is 0. The fraction of sp³-hybridized carbons (Fsp3) is 0.200. The van der Waals surface area contributed by atoms with Crippen LogP contribution in [0.1, 0.15) is 17.3 Å². The minimum atomic E-state index is -2.20. The maximum atomic E-state index is 12.9. The number of Topliss-reactive ketones (excluding diaryl/α,β-unsaturated/α-hetero) is 2. The van der Waals surface area contributed by atoms with Crippen molar-refractivity contribution in [3.63, 3.8) is 0 Å². The standard InChI is InChI=1S/C10H8F2O2/c1-6(13)9(12)10(14)7-3-2-4-8(11)5-7/h2-5,9H,1H3. The summed E-state index contributed by atoms with van der Waals surface area (Å²) >= 11 is 0. The van der Waals surface area contributed by atoms with E-state index in [2.05, 4.69) is 0 Å². The Hall–Kier alpha value is -1.58. The fourth-order valence-corrected chi connectivity index (χ4v) is 0.973. The first-order valence-corrected chi connectivity index (χ1v) is 3.96. The zero-order valence-corrected chi connectivity index (χ0v) is 7.46. The van der Waals surface area contributed by atoms with Gasteiger partial charge in [-0.1, -0.05) is 12.1 Å². The Bertz CT molecular complexity index is 374. The summed E-state index contributed by atoms with van der Waals surface area (Å²) in [5.41, 5.74) is -0.132. The number of carbonyl (C=O) groups excluding carboxylic acids is 2. The third kappa shape index (κ3) is 2.22. The number of hydrogen-bond acceptors (Lipinski definition) is 2. The largest absolute Gasteiger partial charge is 0.296 e. The Labute approximate surface area is 79.5 Å². The molecule has 0 aliphatic carbocycles. The minimum Gasteiger partial charge on any atom is -0.296 e. The Morgan fingerprint density at radius 3 is 2.50 bits per heavy atom. The van der Waals surface area contributed by atoms with E-state index in [0.717, 1.165) is 19.1 Å². The van der Waals surface area contributed by atoms with Crippen LogP contribution in [0.5, 0.6) is 0 Å². The second-order valence-corrected chi connectivity index (χ2v) is 2.85. The van der Waals surface area contributed by atoms with Crippen LogP contribution in [0.15, 0.2) is 24.3 Å². The molecule has 2 nitrogen and oxygen atoms in total. The molecule has 4 heteroatoms. The lowest BCUT2D eigenvalue weighted by Gasteiger charge is -2.02. The summed E-state index contributed by atoms with van der Waals surface area (Å²) in [5, 5.41) is 0. The van der Waals surface area contributed by atoms with Gasteiger partial charge >= 0.3 is 0 Å². The molecule has 0 amide bonds. The van der Waals surface area contributed by atoms with Gasteiger partial charge in [0.2, 0.25) is 12.0 Å². The molecule has 0 bridgehead atoms. The second-order valence-electron chi connectivity index (χ2n) is 2.85. The zero-order valence-electron chi connectivity index (χ0n) is 7.46. The molecule has 74 valence electrons. The molecular formula is C10H8F2O2. The molecule has 0 heterocycles. The van der Waals surface area contributed by atoms with Crippen LogP contribution in [-0.4, -0.2) is 17.7 Å². The molecule has 0 saturated carbocycles. The van der Waals surface area contributed by atoms with Crippen molar-refractivity contribution in [3.05, 3.63) is 35.6 Å². The van der Waals surface area contributed by atoms with Crippen molar-refractivity contribution in [2.45, 2.75) is 13.1 Å². The Morgan fingerprint density at radius 2 is 2.00 bits per heavy atom. The summed E-state index contributed by atoms with van der Waals surface area (Å²) in [4.78, 5) is 21.7. The number of benzene rings is 1. The lowest BCUT2D eigenvalue weighted by molar-refractivity contribution is -0.120. The second kappa shape index (κ2) is 4.09. The SMILES string of the molecule is CC(=O)C(F)C(=O)c1cccc(F)c1. The van der Waals surface area contributed by atoms with Crippen molar-refractivity contribution in [1.29, 1.82) is 0 Å². The van der Waals surface area contributed by atoms with Gasteiger partial charge in [0.1, 0.15) is 5.82 Å². The Morgan fingerprint density at radius 1 is 1.36 bits per heavy atom. The van der Waals surface area contributed by atoms with E-state index in [1.54, 1.807) is 0 Å². The van der Waals surface area contributed by atoms with Crippen molar-refractivity contribution in [2.75, 3.05) is 0 Å². The number of ketones is 2. The third-order valence-corrected chi connectivity index (χ3v) is 1.70. The summed E-state index contributed by atoms with van der Waals surface area (Å²) < 4.78 is 25.5. The normalized spacial score (nSPS) is 12.2. The van der Waals surface area contributed by atoms with Crippen LogP contribution in [0.4, 0.5) is 8.78 Å². The van der Waals surface area contributed by atoms with Gasteiger partial charge in [0.25, 0.3) is 0 Å². The topological polar surface area (TPSA) is 34.1 Å². The lowest BCUT2D eigenvalue weighted by Crippen LogP contribution is -2.23. The number of halogens is 2. The highest BCUT2D eigenvalue weighted by Crippen LogP contribution is 2.09. The number of carbonyl (C=O) groups is 2. The predicted octanol–water partition coefficient (Wildman–Crippen LogP) is 1.94. The monoisotopic (exact) mass is 198 g/mol. The highest BCUT2D eigenvalue weighted by Gasteiger charge is 2.23. The third-order valence-electron chi connectivity index (χ3n) is 1.70.